The molecular weight excluding hydrogens is 380 g/mol. The van der Waals surface area contributed by atoms with E-state index in [9.17, 15) is 14.9 Å². The van der Waals surface area contributed by atoms with E-state index < -0.39 is 18.3 Å². The van der Waals surface area contributed by atoms with Crippen LogP contribution in [0.25, 0.3) is 5.69 Å². The first-order valence-electron chi connectivity index (χ1n) is 8.27. The molecule has 2 aromatic carbocycles. The average molecular weight is 395 g/mol. The number of nitriles is 1. The summed E-state index contributed by atoms with van der Waals surface area (Å²) >= 11 is 5.92. The first kappa shape index (κ1) is 19.1. The number of benzene rings is 2. The average Bonchev–Trinajstić information content (AvgIpc) is 3.05. The molecule has 0 bridgehead atoms. The Labute approximate surface area is 165 Å². The van der Waals surface area contributed by atoms with Gasteiger partial charge in [-0.05, 0) is 31.2 Å². The molecule has 0 fully saturated rings. The van der Waals surface area contributed by atoms with Crippen LogP contribution in [0.15, 0.2) is 48.5 Å². The lowest BCUT2D eigenvalue weighted by Gasteiger charge is -2.08. The van der Waals surface area contributed by atoms with E-state index in [0.29, 0.717) is 16.3 Å². The topological polar surface area (TPSA) is 108 Å². The summed E-state index contributed by atoms with van der Waals surface area (Å²) in [7, 11) is 0. The van der Waals surface area contributed by atoms with Crippen LogP contribution in [0.1, 0.15) is 27.2 Å². The quantitative estimate of drug-likeness (QED) is 0.620. The smallest absolute Gasteiger partial charge is 0.322 e. The van der Waals surface area contributed by atoms with Crippen LogP contribution in [-0.4, -0.2) is 33.2 Å². The molecule has 140 valence electrons. The van der Waals surface area contributed by atoms with Crippen molar-refractivity contribution >= 4 is 29.2 Å². The number of rotatable bonds is 6. The number of aliphatic carboxylic acids is 1. The van der Waals surface area contributed by atoms with E-state index >= 15 is 0 Å². The van der Waals surface area contributed by atoms with E-state index in [4.69, 9.17) is 16.7 Å². The van der Waals surface area contributed by atoms with Crippen LogP contribution in [0, 0.1) is 18.3 Å². The first-order valence-corrected chi connectivity index (χ1v) is 8.64. The van der Waals surface area contributed by atoms with Crippen LogP contribution in [0.2, 0.25) is 5.02 Å². The second-order valence-corrected chi connectivity index (χ2v) is 6.45. The van der Waals surface area contributed by atoms with Gasteiger partial charge in [-0.25, -0.2) is 4.68 Å². The van der Waals surface area contributed by atoms with E-state index in [-0.39, 0.29) is 17.1 Å². The Kier molecular flexibility index (Phi) is 5.43. The van der Waals surface area contributed by atoms with Gasteiger partial charge in [0.25, 0.3) is 0 Å². The summed E-state index contributed by atoms with van der Waals surface area (Å²) in [6.45, 7) is 1.46. The maximum absolute atomic E-state index is 12.9. The van der Waals surface area contributed by atoms with Crippen molar-refractivity contribution in [1.29, 1.82) is 5.26 Å². The number of nitrogens with one attached hydrogen (secondary N) is 1. The van der Waals surface area contributed by atoms with Crippen molar-refractivity contribution < 1.29 is 14.7 Å². The standard InChI is InChI=1S/C20H15ClN4O3/c1-12-2-4-13(5-3-12)19(28)18-16(10-22)20(23-11-17(26)27)25(24-18)15-8-6-14(21)7-9-15/h2-9,23H,11H2,1H3,(H,26,27). The molecule has 7 nitrogen and oxygen atoms in total. The molecule has 0 saturated carbocycles. The lowest BCUT2D eigenvalue weighted by Crippen LogP contribution is -2.15. The molecule has 28 heavy (non-hydrogen) atoms. The number of aromatic nitrogens is 2. The molecular formula is C20H15ClN4O3. The molecule has 0 unspecified atom stereocenters. The molecule has 0 atom stereocenters. The van der Waals surface area contributed by atoms with Gasteiger partial charge in [0.1, 0.15) is 24.0 Å². The molecule has 1 heterocycles. The van der Waals surface area contributed by atoms with Crippen LogP contribution in [0.4, 0.5) is 5.82 Å². The zero-order valence-corrected chi connectivity index (χ0v) is 15.6. The highest BCUT2D eigenvalue weighted by atomic mass is 35.5. The molecule has 1 aromatic heterocycles. The SMILES string of the molecule is Cc1ccc(C(=O)c2nn(-c3ccc(Cl)cc3)c(NCC(=O)O)c2C#N)cc1. The second-order valence-electron chi connectivity index (χ2n) is 6.01. The van der Waals surface area contributed by atoms with Gasteiger partial charge in [0, 0.05) is 10.6 Å². The molecule has 3 aromatic rings. The van der Waals surface area contributed by atoms with Gasteiger partial charge >= 0.3 is 5.97 Å². The highest BCUT2D eigenvalue weighted by Gasteiger charge is 2.25. The van der Waals surface area contributed by atoms with Crippen molar-refractivity contribution in [3.05, 3.63) is 75.9 Å². The number of hydrogen-bond donors (Lipinski definition) is 2. The Bertz CT molecular complexity index is 1080. The molecule has 0 aliphatic carbocycles. The molecule has 2 N–H and O–H groups in total. The minimum Gasteiger partial charge on any atom is -0.480 e. The Morgan fingerprint density at radius 2 is 1.82 bits per heavy atom. The van der Waals surface area contributed by atoms with Crippen molar-refractivity contribution in [2.75, 3.05) is 11.9 Å². The first-order chi connectivity index (χ1) is 13.4. The number of aryl methyl sites for hydroxylation is 1. The minimum absolute atomic E-state index is 0.0261. The summed E-state index contributed by atoms with van der Waals surface area (Å²) in [5.74, 6) is -1.41. The number of hydrogen-bond acceptors (Lipinski definition) is 5. The lowest BCUT2D eigenvalue weighted by atomic mass is 10.0. The fourth-order valence-corrected chi connectivity index (χ4v) is 2.74. The minimum atomic E-state index is -1.11. The zero-order chi connectivity index (χ0) is 20.3. The van der Waals surface area contributed by atoms with Gasteiger partial charge in [0.05, 0.1) is 5.69 Å². The summed E-state index contributed by atoms with van der Waals surface area (Å²) in [5.41, 5.74) is 1.81. The summed E-state index contributed by atoms with van der Waals surface area (Å²) in [6, 6.07) is 15.4. The van der Waals surface area contributed by atoms with Gasteiger partial charge in [0.2, 0.25) is 5.78 Å². The van der Waals surface area contributed by atoms with Crippen LogP contribution < -0.4 is 5.32 Å². The molecule has 0 spiro atoms. The predicted octanol–water partition coefficient (Wildman–Crippen LogP) is 3.43. The number of carbonyl (C=O) groups is 2. The van der Waals surface area contributed by atoms with Gasteiger partial charge in [0.15, 0.2) is 5.69 Å². The molecule has 0 aliphatic heterocycles. The molecule has 0 aliphatic rings. The van der Waals surface area contributed by atoms with Crippen molar-refractivity contribution in [3.8, 4) is 11.8 Å². The van der Waals surface area contributed by atoms with Crippen molar-refractivity contribution in [2.24, 2.45) is 0 Å². The molecule has 3 rings (SSSR count). The third-order valence-electron chi connectivity index (χ3n) is 4.00. The van der Waals surface area contributed by atoms with E-state index in [1.807, 2.05) is 13.0 Å². The molecule has 0 saturated heterocycles. The van der Waals surface area contributed by atoms with Crippen molar-refractivity contribution in [1.82, 2.24) is 9.78 Å². The second kappa shape index (κ2) is 7.94. The highest BCUT2D eigenvalue weighted by molar-refractivity contribution is 6.30. The van der Waals surface area contributed by atoms with E-state index in [1.54, 1.807) is 48.5 Å². The zero-order valence-electron chi connectivity index (χ0n) is 14.8. The van der Waals surface area contributed by atoms with E-state index in [0.717, 1.165) is 5.56 Å². The van der Waals surface area contributed by atoms with Crippen molar-refractivity contribution in [2.45, 2.75) is 6.92 Å². The fourth-order valence-electron chi connectivity index (χ4n) is 2.62. The number of carboxylic acid groups (broad SMARTS) is 1. The molecule has 8 heteroatoms. The Balaban J connectivity index is 2.14. The van der Waals surface area contributed by atoms with Crippen LogP contribution in [-0.2, 0) is 4.79 Å². The fraction of sp³-hybridized carbons (Fsp3) is 0.100. The van der Waals surface area contributed by atoms with Gasteiger partial charge < -0.3 is 10.4 Å². The Morgan fingerprint density at radius 1 is 1.18 bits per heavy atom. The van der Waals surface area contributed by atoms with Crippen molar-refractivity contribution in [3.63, 3.8) is 0 Å². The third kappa shape index (κ3) is 3.87. The summed E-state index contributed by atoms with van der Waals surface area (Å²) in [4.78, 5) is 23.9. The number of nitrogens with zero attached hydrogens (tertiary/aromatic N) is 3. The Morgan fingerprint density at radius 3 is 2.39 bits per heavy atom. The number of anilines is 1. The predicted molar refractivity (Wildman–Crippen MR) is 104 cm³/mol. The normalized spacial score (nSPS) is 10.3. The number of ketones is 1. The maximum Gasteiger partial charge on any atom is 0.322 e. The number of halogens is 1. The summed E-state index contributed by atoms with van der Waals surface area (Å²) in [6.07, 6.45) is 0. The van der Waals surface area contributed by atoms with Gasteiger partial charge in [-0.3, -0.25) is 9.59 Å². The summed E-state index contributed by atoms with van der Waals surface area (Å²) in [5, 5.41) is 26.1. The van der Waals surface area contributed by atoms with Crippen LogP contribution in [0.3, 0.4) is 0 Å². The van der Waals surface area contributed by atoms with Gasteiger partial charge in [-0.1, -0.05) is 41.4 Å². The maximum atomic E-state index is 12.9. The van der Waals surface area contributed by atoms with E-state index in [2.05, 4.69) is 10.4 Å². The summed E-state index contributed by atoms with van der Waals surface area (Å²) < 4.78 is 1.33. The Hall–Kier alpha value is -3.63. The largest absolute Gasteiger partial charge is 0.480 e. The molecule has 0 amide bonds. The lowest BCUT2D eigenvalue weighted by molar-refractivity contribution is -0.134. The van der Waals surface area contributed by atoms with Crippen LogP contribution >= 0.6 is 11.6 Å². The van der Waals surface area contributed by atoms with E-state index in [1.165, 1.54) is 4.68 Å². The van der Waals surface area contributed by atoms with Gasteiger partial charge in [-0.15, -0.1) is 0 Å². The number of carboxylic acids is 1. The highest BCUT2D eigenvalue weighted by Crippen LogP contribution is 2.26. The molecule has 0 radical (unpaired) electrons. The number of carbonyl (C=O) groups excluding carboxylic acids is 1. The third-order valence-corrected chi connectivity index (χ3v) is 4.26. The van der Waals surface area contributed by atoms with Crippen LogP contribution in [0.5, 0.6) is 0 Å². The monoisotopic (exact) mass is 394 g/mol. The van der Waals surface area contributed by atoms with Gasteiger partial charge in [-0.2, -0.15) is 10.4 Å².